The molecule has 4 N–H and O–H groups in total. The van der Waals surface area contributed by atoms with Crippen LogP contribution in [0.4, 0.5) is 16.2 Å². The number of nitrogens with two attached hydrogens (primary N) is 1. The molecule has 1 aromatic rings. The first kappa shape index (κ1) is 23.8. The smallest absolute Gasteiger partial charge is 0.408 e. The maximum atomic E-state index is 12.5. The minimum absolute atomic E-state index is 0.231. The quantitative estimate of drug-likeness (QED) is 0.505. The Bertz CT molecular complexity index is 816. The predicted octanol–water partition coefficient (Wildman–Crippen LogP) is 2.70. The third kappa shape index (κ3) is 8.97. The molecule has 0 aliphatic rings. The van der Waals surface area contributed by atoms with Gasteiger partial charge in [-0.25, -0.2) is 9.59 Å². The molecule has 1 aromatic carbocycles. The number of nitriles is 1. The van der Waals surface area contributed by atoms with E-state index in [4.69, 9.17) is 20.5 Å². The largest absolute Gasteiger partial charge is 0.458 e. The zero-order chi connectivity index (χ0) is 22.4. The van der Waals surface area contributed by atoms with Crippen molar-refractivity contribution in [3.8, 4) is 6.07 Å². The van der Waals surface area contributed by atoms with Gasteiger partial charge in [-0.1, -0.05) is 0 Å². The van der Waals surface area contributed by atoms with E-state index in [2.05, 4.69) is 10.6 Å². The third-order valence-electron chi connectivity index (χ3n) is 3.23. The van der Waals surface area contributed by atoms with Crippen molar-refractivity contribution in [1.82, 2.24) is 5.32 Å². The summed E-state index contributed by atoms with van der Waals surface area (Å²) in [5.41, 5.74) is 5.01. The van der Waals surface area contributed by atoms with Crippen LogP contribution in [0.25, 0.3) is 0 Å². The van der Waals surface area contributed by atoms with Crippen LogP contribution < -0.4 is 16.4 Å². The van der Waals surface area contributed by atoms with Gasteiger partial charge in [0.1, 0.15) is 17.2 Å². The fourth-order valence-corrected chi connectivity index (χ4v) is 2.14. The lowest BCUT2D eigenvalue weighted by Crippen LogP contribution is -2.47. The highest BCUT2D eigenvalue weighted by Crippen LogP contribution is 2.20. The summed E-state index contributed by atoms with van der Waals surface area (Å²) in [5.74, 6) is -1.38. The minimum atomic E-state index is -1.27. The number of nitrogens with one attached hydrogen (secondary N) is 2. The summed E-state index contributed by atoms with van der Waals surface area (Å²) in [6.07, 6.45) is -1.27. The average Bonchev–Trinajstić information content (AvgIpc) is 2.53. The van der Waals surface area contributed by atoms with Crippen molar-refractivity contribution in [1.29, 1.82) is 5.26 Å². The minimum Gasteiger partial charge on any atom is -0.458 e. The summed E-state index contributed by atoms with van der Waals surface area (Å²) < 4.78 is 10.4. The number of nitrogen functional groups attached to an aromatic ring is 1. The third-order valence-corrected chi connectivity index (χ3v) is 3.23. The molecule has 0 heterocycles. The average molecular weight is 404 g/mol. The van der Waals surface area contributed by atoms with Gasteiger partial charge in [-0.15, -0.1) is 0 Å². The second-order valence-electron chi connectivity index (χ2n) is 8.40. The van der Waals surface area contributed by atoms with Crippen LogP contribution >= 0.6 is 0 Å². The number of hydrogen-bond acceptors (Lipinski definition) is 7. The van der Waals surface area contributed by atoms with Crippen LogP contribution in [0.5, 0.6) is 0 Å². The summed E-state index contributed by atoms with van der Waals surface area (Å²) in [4.78, 5) is 37.0. The number of amides is 2. The van der Waals surface area contributed by atoms with E-state index in [9.17, 15) is 14.4 Å². The van der Waals surface area contributed by atoms with Gasteiger partial charge in [-0.3, -0.25) is 4.79 Å². The van der Waals surface area contributed by atoms with Gasteiger partial charge in [0.2, 0.25) is 5.91 Å². The van der Waals surface area contributed by atoms with Crippen LogP contribution in [0, 0.1) is 11.3 Å². The molecule has 0 spiro atoms. The lowest BCUT2D eigenvalue weighted by molar-refractivity contribution is -0.158. The number of anilines is 2. The molecule has 0 fully saturated rings. The van der Waals surface area contributed by atoms with Gasteiger partial charge in [-0.2, -0.15) is 5.26 Å². The summed E-state index contributed by atoms with van der Waals surface area (Å²) in [7, 11) is 0. The maximum Gasteiger partial charge on any atom is 0.408 e. The molecule has 0 aliphatic heterocycles. The van der Waals surface area contributed by atoms with Crippen molar-refractivity contribution in [2.75, 3.05) is 11.1 Å². The molecule has 0 aliphatic carbocycles. The lowest BCUT2D eigenvalue weighted by atomic mass is 10.1. The van der Waals surface area contributed by atoms with Gasteiger partial charge >= 0.3 is 12.1 Å². The Morgan fingerprint density at radius 3 is 2.21 bits per heavy atom. The number of carbonyl (C=O) groups is 3. The zero-order valence-electron chi connectivity index (χ0n) is 17.6. The molecule has 158 valence electrons. The summed E-state index contributed by atoms with van der Waals surface area (Å²) >= 11 is 0. The number of rotatable bonds is 5. The van der Waals surface area contributed by atoms with Gasteiger partial charge in [-0.05, 0) is 59.7 Å². The van der Waals surface area contributed by atoms with Gasteiger partial charge in [0.15, 0.2) is 0 Å². The Balaban J connectivity index is 2.95. The number of nitrogens with zero attached hydrogens (tertiary/aromatic N) is 1. The number of benzene rings is 1. The van der Waals surface area contributed by atoms with E-state index in [1.807, 2.05) is 6.07 Å². The fraction of sp³-hybridized carbons (Fsp3) is 0.500. The first-order valence-electron chi connectivity index (χ1n) is 9.02. The molecule has 0 radical (unpaired) electrons. The van der Waals surface area contributed by atoms with Crippen molar-refractivity contribution < 1.29 is 23.9 Å². The molecule has 9 heteroatoms. The summed E-state index contributed by atoms with van der Waals surface area (Å²) in [6, 6.07) is 5.08. The molecule has 2 amide bonds. The van der Waals surface area contributed by atoms with E-state index in [0.29, 0.717) is 5.56 Å². The molecule has 0 saturated carbocycles. The number of carbonyl (C=O) groups excluding carboxylic acids is 3. The van der Waals surface area contributed by atoms with Crippen molar-refractivity contribution in [2.24, 2.45) is 0 Å². The fourth-order valence-electron chi connectivity index (χ4n) is 2.14. The van der Waals surface area contributed by atoms with Crippen LogP contribution in [0.15, 0.2) is 18.2 Å². The standard InChI is InChI=1S/C20H28N4O5/c1-19(2,3)28-17(26)15(24-18(27)29-20(4,5)6)10-16(25)23-14-9-12(11-21)7-8-13(14)22/h7-9,15H,10,22H2,1-6H3,(H,23,25)(H,24,27)/t15-/m0/s1. The molecule has 0 bridgehead atoms. The van der Waals surface area contributed by atoms with Gasteiger partial charge in [0.05, 0.1) is 29.4 Å². The topological polar surface area (TPSA) is 144 Å². The molecule has 1 atom stereocenters. The Kier molecular flexibility index (Phi) is 7.60. The molecule has 1 rings (SSSR count). The highest BCUT2D eigenvalue weighted by Gasteiger charge is 2.30. The first-order valence-corrected chi connectivity index (χ1v) is 9.02. The molecule has 9 nitrogen and oxygen atoms in total. The predicted molar refractivity (Wildman–Crippen MR) is 108 cm³/mol. The normalized spacial score (nSPS) is 12.3. The van der Waals surface area contributed by atoms with Gasteiger partial charge < -0.3 is 25.8 Å². The van der Waals surface area contributed by atoms with Crippen LogP contribution in [0.1, 0.15) is 53.5 Å². The SMILES string of the molecule is CC(C)(C)OC(=O)N[C@@H](CC(=O)Nc1cc(C#N)ccc1N)C(=O)OC(C)(C)C. The van der Waals surface area contributed by atoms with E-state index in [1.165, 1.54) is 18.2 Å². The van der Waals surface area contributed by atoms with Crippen LogP contribution in [0.3, 0.4) is 0 Å². The second-order valence-corrected chi connectivity index (χ2v) is 8.40. The van der Waals surface area contributed by atoms with E-state index >= 15 is 0 Å². The Hall–Kier alpha value is -3.28. The van der Waals surface area contributed by atoms with E-state index in [0.717, 1.165) is 0 Å². The number of ether oxygens (including phenoxy) is 2. The molecule has 0 aromatic heterocycles. The van der Waals surface area contributed by atoms with Crippen molar-refractivity contribution in [3.63, 3.8) is 0 Å². The molecular formula is C20H28N4O5. The number of alkyl carbamates (subject to hydrolysis) is 1. The van der Waals surface area contributed by atoms with Crippen molar-refractivity contribution in [3.05, 3.63) is 23.8 Å². The van der Waals surface area contributed by atoms with Crippen molar-refractivity contribution in [2.45, 2.75) is 65.2 Å². The van der Waals surface area contributed by atoms with Crippen molar-refractivity contribution >= 4 is 29.3 Å². The highest BCUT2D eigenvalue weighted by molar-refractivity contribution is 5.97. The monoisotopic (exact) mass is 404 g/mol. The summed E-state index contributed by atoms with van der Waals surface area (Å²) in [5, 5.41) is 13.9. The van der Waals surface area contributed by atoms with Crippen LogP contribution in [-0.4, -0.2) is 35.2 Å². The number of hydrogen-bond donors (Lipinski definition) is 3. The first-order chi connectivity index (χ1) is 13.2. The van der Waals surface area contributed by atoms with E-state index in [-0.39, 0.29) is 11.4 Å². The van der Waals surface area contributed by atoms with Gasteiger partial charge in [0, 0.05) is 0 Å². The lowest BCUT2D eigenvalue weighted by Gasteiger charge is -2.26. The van der Waals surface area contributed by atoms with Crippen LogP contribution in [-0.2, 0) is 19.1 Å². The zero-order valence-corrected chi connectivity index (χ0v) is 17.6. The summed E-state index contributed by atoms with van der Waals surface area (Å²) in [6.45, 7) is 10.0. The molecule has 0 saturated heterocycles. The van der Waals surface area contributed by atoms with E-state index in [1.54, 1.807) is 41.5 Å². The Labute approximate surface area is 170 Å². The van der Waals surface area contributed by atoms with E-state index < -0.39 is 41.6 Å². The Morgan fingerprint density at radius 1 is 1.10 bits per heavy atom. The van der Waals surface area contributed by atoms with Crippen LogP contribution in [0.2, 0.25) is 0 Å². The highest BCUT2D eigenvalue weighted by atomic mass is 16.6. The number of esters is 1. The molecular weight excluding hydrogens is 376 g/mol. The second kappa shape index (κ2) is 9.28. The molecule has 29 heavy (non-hydrogen) atoms. The molecule has 0 unspecified atom stereocenters. The maximum absolute atomic E-state index is 12.5. The Morgan fingerprint density at radius 2 is 1.69 bits per heavy atom. The van der Waals surface area contributed by atoms with Gasteiger partial charge in [0.25, 0.3) is 0 Å².